The molecule has 1 aromatic heterocycles. The monoisotopic (exact) mass is 489 g/mol. The lowest BCUT2D eigenvalue weighted by Gasteiger charge is -2.25. The zero-order valence-electron chi connectivity index (χ0n) is 23.7. The quantitative estimate of drug-likeness (QED) is 0.102. The SMILES string of the molecule is C#Cc1cc(-c2ccc(N(CCCCCCCCCC)CCCCCCCCCC)cc2)cc[n+]1C. The highest BCUT2D eigenvalue weighted by atomic mass is 15.1. The first-order valence-corrected chi connectivity index (χ1v) is 15.0. The third-order valence-corrected chi connectivity index (χ3v) is 7.43. The predicted octanol–water partition coefficient (Wildman–Crippen LogP) is 9.25. The molecule has 0 amide bonds. The summed E-state index contributed by atoms with van der Waals surface area (Å²) in [4.78, 5) is 2.63. The van der Waals surface area contributed by atoms with Crippen molar-refractivity contribution in [2.45, 2.75) is 117 Å². The van der Waals surface area contributed by atoms with Crippen LogP contribution in [0.3, 0.4) is 0 Å². The molecule has 0 N–H and O–H groups in total. The number of benzene rings is 1. The van der Waals surface area contributed by atoms with E-state index in [-0.39, 0.29) is 0 Å². The maximum absolute atomic E-state index is 5.68. The third kappa shape index (κ3) is 11.6. The highest BCUT2D eigenvalue weighted by Crippen LogP contribution is 2.24. The van der Waals surface area contributed by atoms with E-state index in [1.165, 1.54) is 133 Å². The van der Waals surface area contributed by atoms with Crippen molar-refractivity contribution in [3.63, 3.8) is 0 Å². The van der Waals surface area contributed by atoms with Gasteiger partial charge < -0.3 is 4.90 Å². The standard InChI is InChI=1S/C34H53N2/c1-5-8-10-12-14-16-18-20-27-36(28-21-19-17-15-13-11-9-6-2)34-24-22-31(23-25-34)32-26-29-35(4)33(7-3)30-32/h3,22-26,29-30H,5-6,8-21,27-28H2,1-2,4H3/q+1. The molecule has 2 aromatic rings. The Balaban J connectivity index is 1.89. The number of nitrogens with zero attached hydrogens (tertiary/aromatic N) is 2. The second kappa shape index (κ2) is 18.9. The number of unbranched alkanes of at least 4 members (excludes halogenated alkanes) is 14. The van der Waals surface area contributed by atoms with Gasteiger partial charge in [0.05, 0.1) is 0 Å². The van der Waals surface area contributed by atoms with Crippen molar-refractivity contribution in [2.24, 2.45) is 7.05 Å². The maximum atomic E-state index is 5.68. The summed E-state index contributed by atoms with van der Waals surface area (Å²) in [5.74, 6) is 2.78. The molecular weight excluding hydrogens is 436 g/mol. The van der Waals surface area contributed by atoms with Crippen LogP contribution in [-0.4, -0.2) is 13.1 Å². The van der Waals surface area contributed by atoms with E-state index in [9.17, 15) is 0 Å². The molecule has 198 valence electrons. The number of rotatable bonds is 20. The normalized spacial score (nSPS) is 10.9. The maximum Gasteiger partial charge on any atom is 0.256 e. The van der Waals surface area contributed by atoms with Gasteiger partial charge in [-0.1, -0.05) is 116 Å². The van der Waals surface area contributed by atoms with Gasteiger partial charge in [0.2, 0.25) is 0 Å². The fourth-order valence-corrected chi connectivity index (χ4v) is 5.00. The van der Waals surface area contributed by atoms with Crippen LogP contribution in [0.2, 0.25) is 0 Å². The Kier molecular flexibility index (Phi) is 15.7. The lowest BCUT2D eigenvalue weighted by molar-refractivity contribution is -0.673. The average molecular weight is 490 g/mol. The highest BCUT2D eigenvalue weighted by Gasteiger charge is 2.10. The van der Waals surface area contributed by atoms with E-state index in [2.05, 4.69) is 67.3 Å². The first kappa shape index (κ1) is 30.0. The zero-order valence-corrected chi connectivity index (χ0v) is 23.7. The first-order chi connectivity index (χ1) is 17.7. The van der Waals surface area contributed by atoms with Gasteiger partial charge in [-0.25, -0.2) is 0 Å². The molecule has 0 aliphatic heterocycles. The molecule has 0 atom stereocenters. The van der Waals surface area contributed by atoms with Gasteiger partial charge in [0.25, 0.3) is 5.69 Å². The average Bonchev–Trinajstić information content (AvgIpc) is 2.91. The van der Waals surface area contributed by atoms with Crippen LogP contribution in [-0.2, 0) is 7.05 Å². The second-order valence-electron chi connectivity index (χ2n) is 10.5. The zero-order chi connectivity index (χ0) is 25.8. The van der Waals surface area contributed by atoms with Crippen molar-refractivity contribution in [3.8, 4) is 23.5 Å². The largest absolute Gasteiger partial charge is 0.372 e. The van der Waals surface area contributed by atoms with E-state index in [0.717, 1.165) is 5.69 Å². The Morgan fingerprint density at radius 3 is 1.58 bits per heavy atom. The number of aryl methyl sites for hydroxylation is 1. The van der Waals surface area contributed by atoms with Gasteiger partial charge in [-0.15, -0.1) is 6.42 Å². The molecule has 0 unspecified atom stereocenters. The van der Waals surface area contributed by atoms with Gasteiger partial charge in [0, 0.05) is 30.9 Å². The number of hydrogen-bond donors (Lipinski definition) is 0. The minimum absolute atomic E-state index is 0.905. The van der Waals surface area contributed by atoms with Gasteiger partial charge in [-0.2, -0.15) is 4.57 Å². The third-order valence-electron chi connectivity index (χ3n) is 7.43. The lowest BCUT2D eigenvalue weighted by atomic mass is 10.0. The first-order valence-electron chi connectivity index (χ1n) is 15.0. The van der Waals surface area contributed by atoms with Crippen LogP contribution in [0.1, 0.15) is 122 Å². The Labute approximate surface area is 223 Å². The molecule has 1 aromatic carbocycles. The molecule has 2 heteroatoms. The van der Waals surface area contributed by atoms with Gasteiger partial charge in [-0.3, -0.25) is 0 Å². The van der Waals surface area contributed by atoms with Gasteiger partial charge in [-0.05, 0) is 42.0 Å². The van der Waals surface area contributed by atoms with Gasteiger partial charge >= 0.3 is 0 Å². The fourth-order valence-electron chi connectivity index (χ4n) is 5.00. The van der Waals surface area contributed by atoms with Crippen molar-refractivity contribution in [2.75, 3.05) is 18.0 Å². The number of hydrogen-bond acceptors (Lipinski definition) is 1. The van der Waals surface area contributed by atoms with Crippen LogP contribution in [0.25, 0.3) is 11.1 Å². The number of terminal acetylenes is 1. The predicted molar refractivity (Wildman–Crippen MR) is 158 cm³/mol. The summed E-state index contributed by atoms with van der Waals surface area (Å²) >= 11 is 0. The topological polar surface area (TPSA) is 7.12 Å². The van der Waals surface area contributed by atoms with E-state index in [4.69, 9.17) is 6.42 Å². The van der Waals surface area contributed by atoms with Crippen molar-refractivity contribution >= 4 is 5.69 Å². The van der Waals surface area contributed by atoms with E-state index >= 15 is 0 Å². The Morgan fingerprint density at radius 2 is 1.11 bits per heavy atom. The van der Waals surface area contributed by atoms with E-state index < -0.39 is 0 Å². The molecule has 0 spiro atoms. The molecule has 2 nitrogen and oxygen atoms in total. The Hall–Kier alpha value is -2.27. The van der Waals surface area contributed by atoms with Crippen molar-refractivity contribution in [1.82, 2.24) is 0 Å². The summed E-state index contributed by atoms with van der Waals surface area (Å²) in [5, 5.41) is 0. The molecule has 0 bridgehead atoms. The summed E-state index contributed by atoms with van der Waals surface area (Å²) in [6, 6.07) is 13.4. The Morgan fingerprint density at radius 1 is 0.639 bits per heavy atom. The minimum Gasteiger partial charge on any atom is -0.372 e. The highest BCUT2D eigenvalue weighted by molar-refractivity contribution is 5.66. The summed E-state index contributed by atoms with van der Waals surface area (Å²) < 4.78 is 1.99. The number of aromatic nitrogens is 1. The van der Waals surface area contributed by atoms with Crippen molar-refractivity contribution in [1.29, 1.82) is 0 Å². The molecule has 1 heterocycles. The summed E-state index contributed by atoms with van der Waals surface area (Å²) in [7, 11) is 2.00. The van der Waals surface area contributed by atoms with E-state index in [1.807, 2.05) is 11.6 Å². The summed E-state index contributed by atoms with van der Waals surface area (Å²) in [6.45, 7) is 6.94. The molecule has 0 radical (unpaired) electrons. The molecule has 0 aliphatic carbocycles. The lowest BCUT2D eigenvalue weighted by Crippen LogP contribution is -2.31. The molecule has 0 fully saturated rings. The molecule has 0 aliphatic rings. The van der Waals surface area contributed by atoms with Crippen LogP contribution in [0.5, 0.6) is 0 Å². The number of pyridine rings is 1. The molecular formula is C34H53N2+. The second-order valence-corrected chi connectivity index (χ2v) is 10.5. The molecule has 36 heavy (non-hydrogen) atoms. The van der Waals surface area contributed by atoms with E-state index in [1.54, 1.807) is 0 Å². The van der Waals surface area contributed by atoms with Crippen LogP contribution >= 0.6 is 0 Å². The van der Waals surface area contributed by atoms with Crippen LogP contribution in [0, 0.1) is 12.3 Å². The van der Waals surface area contributed by atoms with Crippen molar-refractivity contribution in [3.05, 3.63) is 48.3 Å². The van der Waals surface area contributed by atoms with Crippen LogP contribution in [0.4, 0.5) is 5.69 Å². The van der Waals surface area contributed by atoms with Crippen LogP contribution < -0.4 is 9.47 Å². The molecule has 0 saturated heterocycles. The van der Waals surface area contributed by atoms with Gasteiger partial charge in [0.1, 0.15) is 7.05 Å². The summed E-state index contributed by atoms with van der Waals surface area (Å²) in [6.07, 6.45) is 29.7. The number of anilines is 1. The Bertz CT molecular complexity index is 842. The fraction of sp³-hybridized carbons (Fsp3) is 0.618. The van der Waals surface area contributed by atoms with Crippen LogP contribution in [0.15, 0.2) is 42.6 Å². The minimum atomic E-state index is 0.905. The summed E-state index contributed by atoms with van der Waals surface area (Å²) in [5.41, 5.74) is 4.69. The van der Waals surface area contributed by atoms with Gasteiger partial charge in [0.15, 0.2) is 6.20 Å². The van der Waals surface area contributed by atoms with Crippen molar-refractivity contribution < 1.29 is 4.57 Å². The van der Waals surface area contributed by atoms with E-state index in [0.29, 0.717) is 0 Å². The molecule has 2 rings (SSSR count). The molecule has 0 saturated carbocycles. The smallest absolute Gasteiger partial charge is 0.256 e.